The molecule has 0 aliphatic heterocycles. The summed E-state index contributed by atoms with van der Waals surface area (Å²) < 4.78 is 26.9. The topological polar surface area (TPSA) is 58.2 Å². The number of rotatable bonds is 6. The van der Waals surface area contributed by atoms with Crippen molar-refractivity contribution >= 4 is 21.4 Å². The molecule has 0 saturated heterocycles. The Bertz CT molecular complexity index is 490. The Morgan fingerprint density at radius 3 is 2.72 bits per heavy atom. The summed E-state index contributed by atoms with van der Waals surface area (Å²) in [6.07, 6.45) is 3.05. The third kappa shape index (κ3) is 3.54. The summed E-state index contributed by atoms with van der Waals surface area (Å²) >= 11 is 1.49. The minimum Gasteiger partial charge on any atom is -0.310 e. The van der Waals surface area contributed by atoms with E-state index in [1.54, 1.807) is 11.4 Å². The monoisotopic (exact) mass is 288 g/mol. The SMILES string of the molecule is CC(C)NCc1cc(S(=O)(=O)NC2CCC2)cs1. The lowest BCUT2D eigenvalue weighted by Gasteiger charge is -2.25. The van der Waals surface area contributed by atoms with Gasteiger partial charge in [-0.2, -0.15) is 0 Å². The van der Waals surface area contributed by atoms with E-state index in [1.807, 2.05) is 0 Å². The lowest BCUT2D eigenvalue weighted by molar-refractivity contribution is 0.383. The molecule has 2 rings (SSSR count). The largest absolute Gasteiger partial charge is 0.310 e. The van der Waals surface area contributed by atoms with Crippen LogP contribution in [-0.2, 0) is 16.6 Å². The molecule has 2 N–H and O–H groups in total. The van der Waals surface area contributed by atoms with Crippen LogP contribution in [-0.4, -0.2) is 20.5 Å². The van der Waals surface area contributed by atoms with Crippen LogP contribution in [0.5, 0.6) is 0 Å². The van der Waals surface area contributed by atoms with Gasteiger partial charge in [-0.1, -0.05) is 20.3 Å². The molecule has 102 valence electrons. The maximum absolute atomic E-state index is 12.1. The van der Waals surface area contributed by atoms with Gasteiger partial charge in [0.05, 0.1) is 4.90 Å². The van der Waals surface area contributed by atoms with E-state index >= 15 is 0 Å². The molecule has 0 amide bonds. The molecular formula is C12H20N2O2S2. The van der Waals surface area contributed by atoms with E-state index in [4.69, 9.17) is 0 Å². The second-order valence-electron chi connectivity index (χ2n) is 5.03. The minimum absolute atomic E-state index is 0.145. The van der Waals surface area contributed by atoms with Gasteiger partial charge in [-0.15, -0.1) is 11.3 Å². The summed E-state index contributed by atoms with van der Waals surface area (Å²) in [5.74, 6) is 0. The van der Waals surface area contributed by atoms with Crippen LogP contribution in [0.2, 0.25) is 0 Å². The van der Waals surface area contributed by atoms with Gasteiger partial charge in [0.25, 0.3) is 0 Å². The molecular weight excluding hydrogens is 268 g/mol. The first-order valence-electron chi connectivity index (χ1n) is 6.30. The van der Waals surface area contributed by atoms with Gasteiger partial charge in [0.15, 0.2) is 0 Å². The maximum Gasteiger partial charge on any atom is 0.241 e. The smallest absolute Gasteiger partial charge is 0.241 e. The number of thiophene rings is 1. The van der Waals surface area contributed by atoms with Crippen LogP contribution in [0.25, 0.3) is 0 Å². The third-order valence-electron chi connectivity index (χ3n) is 3.05. The molecule has 0 aromatic carbocycles. The second kappa shape index (κ2) is 5.69. The molecule has 4 nitrogen and oxygen atoms in total. The van der Waals surface area contributed by atoms with Crippen molar-refractivity contribution in [1.82, 2.24) is 10.0 Å². The Labute approximate surface area is 113 Å². The zero-order valence-electron chi connectivity index (χ0n) is 10.8. The predicted octanol–water partition coefficient (Wildman–Crippen LogP) is 2.08. The highest BCUT2D eigenvalue weighted by atomic mass is 32.2. The molecule has 18 heavy (non-hydrogen) atoms. The zero-order chi connectivity index (χ0) is 13.2. The van der Waals surface area contributed by atoms with Gasteiger partial charge < -0.3 is 5.32 Å². The number of hydrogen-bond donors (Lipinski definition) is 2. The van der Waals surface area contributed by atoms with Crippen molar-refractivity contribution in [3.63, 3.8) is 0 Å². The van der Waals surface area contributed by atoms with Crippen LogP contribution in [0.15, 0.2) is 16.3 Å². The van der Waals surface area contributed by atoms with Crippen LogP contribution >= 0.6 is 11.3 Å². The number of sulfonamides is 1. The van der Waals surface area contributed by atoms with Gasteiger partial charge >= 0.3 is 0 Å². The van der Waals surface area contributed by atoms with E-state index < -0.39 is 10.0 Å². The van der Waals surface area contributed by atoms with Gasteiger partial charge in [-0.25, -0.2) is 13.1 Å². The Morgan fingerprint density at radius 2 is 2.17 bits per heavy atom. The molecule has 6 heteroatoms. The predicted molar refractivity (Wildman–Crippen MR) is 74.3 cm³/mol. The van der Waals surface area contributed by atoms with E-state index in [0.29, 0.717) is 10.9 Å². The summed E-state index contributed by atoms with van der Waals surface area (Å²) in [6.45, 7) is 4.87. The van der Waals surface area contributed by atoms with Crippen LogP contribution in [0, 0.1) is 0 Å². The van der Waals surface area contributed by atoms with Crippen LogP contribution in [0.4, 0.5) is 0 Å². The molecule has 1 aliphatic carbocycles. The van der Waals surface area contributed by atoms with Crippen molar-refractivity contribution in [3.8, 4) is 0 Å². The Hall–Kier alpha value is -0.430. The second-order valence-corrected chi connectivity index (χ2v) is 7.74. The summed E-state index contributed by atoms with van der Waals surface area (Å²) in [6, 6.07) is 2.31. The molecule has 1 aromatic heterocycles. The van der Waals surface area contributed by atoms with Crippen molar-refractivity contribution in [1.29, 1.82) is 0 Å². The van der Waals surface area contributed by atoms with Crippen molar-refractivity contribution in [2.45, 2.75) is 56.6 Å². The normalized spacial score (nSPS) is 17.1. The van der Waals surface area contributed by atoms with E-state index in [1.165, 1.54) is 11.3 Å². The van der Waals surface area contributed by atoms with E-state index in [9.17, 15) is 8.42 Å². The highest BCUT2D eigenvalue weighted by molar-refractivity contribution is 7.89. The quantitative estimate of drug-likeness (QED) is 0.842. The highest BCUT2D eigenvalue weighted by Gasteiger charge is 2.25. The summed E-state index contributed by atoms with van der Waals surface area (Å²) in [4.78, 5) is 1.46. The average Bonchev–Trinajstić information content (AvgIpc) is 2.70. The first-order valence-corrected chi connectivity index (χ1v) is 8.67. The van der Waals surface area contributed by atoms with Crippen molar-refractivity contribution in [3.05, 3.63) is 16.3 Å². The lowest BCUT2D eigenvalue weighted by atomic mass is 9.94. The highest BCUT2D eigenvalue weighted by Crippen LogP contribution is 2.23. The summed E-state index contributed by atoms with van der Waals surface area (Å²) in [5.41, 5.74) is 0. The standard InChI is InChI=1S/C12H20N2O2S2/c1-9(2)13-7-11-6-12(8-17-11)18(15,16)14-10-4-3-5-10/h6,8-10,13-14H,3-5,7H2,1-2H3. The number of hydrogen-bond acceptors (Lipinski definition) is 4. The minimum atomic E-state index is -3.31. The van der Waals surface area contributed by atoms with Crippen LogP contribution < -0.4 is 10.0 Å². The molecule has 0 bridgehead atoms. The molecule has 1 aliphatic rings. The molecule has 0 unspecified atom stereocenters. The van der Waals surface area contributed by atoms with Crippen LogP contribution in [0.3, 0.4) is 0 Å². The first kappa shape index (κ1) is 14.0. The fourth-order valence-corrected chi connectivity index (χ4v) is 4.24. The van der Waals surface area contributed by atoms with Crippen molar-refractivity contribution in [2.24, 2.45) is 0 Å². The molecule has 1 saturated carbocycles. The van der Waals surface area contributed by atoms with Crippen molar-refractivity contribution in [2.75, 3.05) is 0 Å². The van der Waals surface area contributed by atoms with E-state index in [-0.39, 0.29) is 6.04 Å². The van der Waals surface area contributed by atoms with Gasteiger partial charge in [-0.05, 0) is 18.9 Å². The van der Waals surface area contributed by atoms with Gasteiger partial charge in [0, 0.05) is 28.9 Å². The fraction of sp³-hybridized carbons (Fsp3) is 0.667. The summed E-state index contributed by atoms with van der Waals surface area (Å²) in [5, 5.41) is 5.01. The third-order valence-corrected chi connectivity index (χ3v) is 5.64. The molecule has 0 radical (unpaired) electrons. The van der Waals surface area contributed by atoms with Gasteiger partial charge in [0.1, 0.15) is 0 Å². The Morgan fingerprint density at radius 1 is 1.44 bits per heavy atom. The fourth-order valence-electron chi connectivity index (χ4n) is 1.71. The lowest BCUT2D eigenvalue weighted by Crippen LogP contribution is -2.39. The molecule has 1 fully saturated rings. The Balaban J connectivity index is 1.99. The molecule has 1 heterocycles. The first-order chi connectivity index (χ1) is 8.47. The van der Waals surface area contributed by atoms with E-state index in [2.05, 4.69) is 23.9 Å². The molecule has 1 aromatic rings. The Kier molecular flexibility index (Phi) is 4.42. The van der Waals surface area contributed by atoms with Crippen LogP contribution in [0.1, 0.15) is 38.0 Å². The van der Waals surface area contributed by atoms with Gasteiger partial charge in [0.2, 0.25) is 10.0 Å². The molecule has 0 spiro atoms. The van der Waals surface area contributed by atoms with Crippen molar-refractivity contribution < 1.29 is 8.42 Å². The van der Waals surface area contributed by atoms with E-state index in [0.717, 1.165) is 30.7 Å². The molecule has 0 atom stereocenters. The maximum atomic E-state index is 12.1. The number of nitrogens with one attached hydrogen (secondary N) is 2. The zero-order valence-corrected chi connectivity index (χ0v) is 12.4. The van der Waals surface area contributed by atoms with Gasteiger partial charge in [-0.3, -0.25) is 0 Å². The average molecular weight is 288 g/mol. The summed E-state index contributed by atoms with van der Waals surface area (Å²) in [7, 11) is -3.31.